The summed E-state index contributed by atoms with van der Waals surface area (Å²) >= 11 is 0. The number of benzene rings is 2. The van der Waals surface area contributed by atoms with E-state index in [1.54, 1.807) is 18.2 Å². The average molecular weight is 359 g/mol. The minimum atomic E-state index is -0.235. The zero-order valence-corrected chi connectivity index (χ0v) is 15.0. The SMILES string of the molecule is O=C(c1ccc2[nH]c(=O)cnc2c1)N1CCC[C@H]2c3ccccc3CC[C@H]21. The minimum Gasteiger partial charge on any atom is -0.335 e. The number of fused-ring (bicyclic) bond motifs is 4. The van der Waals surface area contributed by atoms with E-state index in [-0.39, 0.29) is 17.5 Å². The van der Waals surface area contributed by atoms with E-state index in [1.165, 1.54) is 17.3 Å². The third-order valence-corrected chi connectivity index (χ3v) is 6.03. The Kier molecular flexibility index (Phi) is 3.81. The number of amides is 1. The second-order valence-corrected chi connectivity index (χ2v) is 7.53. The van der Waals surface area contributed by atoms with Crippen LogP contribution in [0.2, 0.25) is 0 Å². The lowest BCUT2D eigenvalue weighted by Gasteiger charge is -2.45. The molecule has 0 bridgehead atoms. The first-order chi connectivity index (χ1) is 13.2. The van der Waals surface area contributed by atoms with Crippen LogP contribution in [0.1, 0.15) is 46.7 Å². The minimum absolute atomic E-state index is 0.0685. The molecule has 136 valence electrons. The van der Waals surface area contributed by atoms with Crippen LogP contribution >= 0.6 is 0 Å². The van der Waals surface area contributed by atoms with Gasteiger partial charge in [0, 0.05) is 24.1 Å². The first-order valence-electron chi connectivity index (χ1n) is 9.58. The molecule has 3 aromatic rings. The normalized spacial score (nSPS) is 21.6. The summed E-state index contributed by atoms with van der Waals surface area (Å²) in [5.74, 6) is 0.501. The van der Waals surface area contributed by atoms with Gasteiger partial charge in [0.15, 0.2) is 0 Å². The van der Waals surface area contributed by atoms with E-state index >= 15 is 0 Å². The summed E-state index contributed by atoms with van der Waals surface area (Å²) in [5, 5.41) is 0. The van der Waals surface area contributed by atoms with Gasteiger partial charge in [-0.15, -0.1) is 0 Å². The van der Waals surface area contributed by atoms with Crippen LogP contribution in [-0.4, -0.2) is 33.4 Å². The smallest absolute Gasteiger partial charge is 0.266 e. The molecule has 2 aliphatic rings. The molecular formula is C22H21N3O2. The number of nitrogens with zero attached hydrogens (tertiary/aromatic N) is 2. The van der Waals surface area contributed by atoms with Crippen molar-refractivity contribution in [2.45, 2.75) is 37.6 Å². The number of rotatable bonds is 1. The number of aromatic amines is 1. The van der Waals surface area contributed by atoms with Crippen molar-refractivity contribution in [3.05, 3.63) is 75.7 Å². The third kappa shape index (κ3) is 2.74. The topological polar surface area (TPSA) is 66.1 Å². The summed E-state index contributed by atoms with van der Waals surface area (Å²) in [5.41, 5.74) is 4.56. The molecule has 1 aliphatic carbocycles. The summed E-state index contributed by atoms with van der Waals surface area (Å²) in [4.78, 5) is 33.7. The number of aromatic nitrogens is 2. The highest BCUT2D eigenvalue weighted by Gasteiger charge is 2.38. The van der Waals surface area contributed by atoms with Gasteiger partial charge >= 0.3 is 0 Å². The first-order valence-corrected chi connectivity index (χ1v) is 9.58. The van der Waals surface area contributed by atoms with Crippen LogP contribution in [0.3, 0.4) is 0 Å². The van der Waals surface area contributed by atoms with Gasteiger partial charge in [-0.2, -0.15) is 0 Å². The Labute approximate surface area is 157 Å². The van der Waals surface area contributed by atoms with Crippen LogP contribution in [0.4, 0.5) is 0 Å². The largest absolute Gasteiger partial charge is 0.335 e. The van der Waals surface area contributed by atoms with Crippen molar-refractivity contribution >= 4 is 16.9 Å². The Hall–Kier alpha value is -2.95. The summed E-state index contributed by atoms with van der Waals surface area (Å²) in [6.45, 7) is 0.805. The van der Waals surface area contributed by atoms with Crippen molar-refractivity contribution in [3.63, 3.8) is 0 Å². The van der Waals surface area contributed by atoms with E-state index in [0.29, 0.717) is 22.5 Å². The summed E-state index contributed by atoms with van der Waals surface area (Å²) < 4.78 is 0. The van der Waals surface area contributed by atoms with E-state index < -0.39 is 0 Å². The van der Waals surface area contributed by atoms with Crippen LogP contribution < -0.4 is 5.56 Å². The fraction of sp³-hybridized carbons (Fsp3) is 0.318. The fourth-order valence-corrected chi connectivity index (χ4v) is 4.79. The molecule has 1 fully saturated rings. The molecule has 2 heterocycles. The summed E-state index contributed by atoms with van der Waals surface area (Å²) in [6, 6.07) is 14.3. The maximum absolute atomic E-state index is 13.3. The Bertz CT molecular complexity index is 1090. The van der Waals surface area contributed by atoms with Gasteiger partial charge in [-0.3, -0.25) is 9.59 Å². The Morgan fingerprint density at radius 3 is 2.96 bits per heavy atom. The number of hydrogen-bond donors (Lipinski definition) is 1. The monoisotopic (exact) mass is 359 g/mol. The number of nitrogens with one attached hydrogen (secondary N) is 1. The number of carbonyl (C=O) groups is 1. The molecule has 2 atom stereocenters. The highest BCUT2D eigenvalue weighted by molar-refractivity contribution is 5.97. The number of aryl methyl sites for hydroxylation is 1. The molecule has 1 N–H and O–H groups in total. The quantitative estimate of drug-likeness (QED) is 0.725. The number of hydrogen-bond acceptors (Lipinski definition) is 3. The molecule has 1 aliphatic heterocycles. The van der Waals surface area contributed by atoms with Crippen LogP contribution in [-0.2, 0) is 6.42 Å². The molecule has 1 saturated heterocycles. The molecule has 27 heavy (non-hydrogen) atoms. The second-order valence-electron chi connectivity index (χ2n) is 7.53. The van der Waals surface area contributed by atoms with E-state index in [9.17, 15) is 9.59 Å². The van der Waals surface area contributed by atoms with Crippen LogP contribution in [0.25, 0.3) is 11.0 Å². The van der Waals surface area contributed by atoms with Crippen LogP contribution in [0.5, 0.6) is 0 Å². The van der Waals surface area contributed by atoms with E-state index in [0.717, 1.165) is 32.2 Å². The molecular weight excluding hydrogens is 338 g/mol. The lowest BCUT2D eigenvalue weighted by Crippen LogP contribution is -2.49. The second kappa shape index (κ2) is 6.34. The van der Waals surface area contributed by atoms with Crippen molar-refractivity contribution in [2.75, 3.05) is 6.54 Å². The first kappa shape index (κ1) is 16.2. The van der Waals surface area contributed by atoms with Gasteiger partial charge in [-0.1, -0.05) is 24.3 Å². The van der Waals surface area contributed by atoms with Gasteiger partial charge in [0.05, 0.1) is 17.2 Å². The number of piperidine rings is 1. The van der Waals surface area contributed by atoms with Crippen LogP contribution in [0.15, 0.2) is 53.5 Å². The Morgan fingerprint density at radius 1 is 1.15 bits per heavy atom. The third-order valence-electron chi connectivity index (χ3n) is 6.03. The molecule has 5 rings (SSSR count). The Morgan fingerprint density at radius 2 is 2.04 bits per heavy atom. The summed E-state index contributed by atoms with van der Waals surface area (Å²) in [7, 11) is 0. The highest BCUT2D eigenvalue weighted by atomic mass is 16.2. The predicted octanol–water partition coefficient (Wildman–Crippen LogP) is 3.26. The summed E-state index contributed by atoms with van der Waals surface area (Å²) in [6.07, 6.45) is 5.48. The van der Waals surface area contributed by atoms with Gasteiger partial charge in [0.25, 0.3) is 11.5 Å². The molecule has 5 nitrogen and oxygen atoms in total. The standard InChI is InChI=1S/C22H21N3O2/c26-21-13-23-19-12-15(7-9-18(19)24-21)22(27)25-11-3-6-17-16-5-2-1-4-14(16)8-10-20(17)25/h1-2,4-5,7,9,12-13,17,20H,3,6,8,10-11H2,(H,24,26)/t17-,20+/m0/s1. The van der Waals surface area contributed by atoms with Gasteiger partial charge in [-0.25, -0.2) is 4.98 Å². The maximum Gasteiger partial charge on any atom is 0.266 e. The number of likely N-dealkylation sites (tertiary alicyclic amines) is 1. The van der Waals surface area contributed by atoms with Gasteiger partial charge in [-0.05, 0) is 55.0 Å². The molecule has 1 amide bonds. The van der Waals surface area contributed by atoms with Gasteiger partial charge < -0.3 is 9.88 Å². The maximum atomic E-state index is 13.3. The molecule has 2 aromatic carbocycles. The van der Waals surface area contributed by atoms with Crippen molar-refractivity contribution in [1.29, 1.82) is 0 Å². The number of carbonyl (C=O) groups excluding carboxylic acids is 1. The highest BCUT2D eigenvalue weighted by Crippen LogP contribution is 2.41. The van der Waals surface area contributed by atoms with E-state index in [4.69, 9.17) is 0 Å². The van der Waals surface area contributed by atoms with Crippen molar-refractivity contribution in [1.82, 2.24) is 14.9 Å². The zero-order valence-electron chi connectivity index (χ0n) is 15.0. The van der Waals surface area contributed by atoms with E-state index in [2.05, 4.69) is 39.1 Å². The van der Waals surface area contributed by atoms with Crippen molar-refractivity contribution in [2.24, 2.45) is 0 Å². The number of H-pyrrole nitrogens is 1. The molecule has 0 unspecified atom stereocenters. The molecule has 0 spiro atoms. The molecule has 1 aromatic heterocycles. The molecule has 0 radical (unpaired) electrons. The predicted molar refractivity (Wildman–Crippen MR) is 104 cm³/mol. The lowest BCUT2D eigenvalue weighted by atomic mass is 9.74. The van der Waals surface area contributed by atoms with E-state index in [1.807, 2.05) is 0 Å². The van der Waals surface area contributed by atoms with Gasteiger partial charge in [0.1, 0.15) is 0 Å². The van der Waals surface area contributed by atoms with Gasteiger partial charge in [0.2, 0.25) is 0 Å². The van der Waals surface area contributed by atoms with Crippen molar-refractivity contribution < 1.29 is 4.79 Å². The fourth-order valence-electron chi connectivity index (χ4n) is 4.79. The zero-order chi connectivity index (χ0) is 18.4. The lowest BCUT2D eigenvalue weighted by molar-refractivity contribution is 0.0547. The van der Waals surface area contributed by atoms with Crippen molar-refractivity contribution in [3.8, 4) is 0 Å². The Balaban J connectivity index is 1.48. The van der Waals surface area contributed by atoms with Crippen LogP contribution in [0, 0.1) is 0 Å². The average Bonchev–Trinajstić information content (AvgIpc) is 2.72. The molecule has 5 heteroatoms. The molecule has 0 saturated carbocycles.